The second-order valence-electron chi connectivity index (χ2n) is 5.18. The Bertz CT molecular complexity index is 342. The molecule has 96 valence electrons. The molecule has 0 amide bonds. The molecule has 1 aliphatic rings. The van der Waals surface area contributed by atoms with Gasteiger partial charge in [0.25, 0.3) is 0 Å². The summed E-state index contributed by atoms with van der Waals surface area (Å²) in [6.07, 6.45) is 5.37. The summed E-state index contributed by atoms with van der Waals surface area (Å²) in [6.45, 7) is 3.23. The van der Waals surface area contributed by atoms with Crippen molar-refractivity contribution in [1.29, 1.82) is 0 Å². The van der Waals surface area contributed by atoms with Gasteiger partial charge in [0, 0.05) is 25.0 Å². The second kappa shape index (κ2) is 5.83. The Morgan fingerprint density at radius 2 is 2.12 bits per heavy atom. The molecule has 1 N–H and O–H groups in total. The van der Waals surface area contributed by atoms with E-state index in [1.807, 2.05) is 7.05 Å². The van der Waals surface area contributed by atoms with Crippen molar-refractivity contribution in [2.75, 3.05) is 19.0 Å². The number of anilines is 1. The predicted molar refractivity (Wildman–Crippen MR) is 74.7 cm³/mol. The zero-order chi connectivity index (χ0) is 12.3. The SMILES string of the molecule is CNCc1csc(N(C)C2CCC(C)CC2)n1. The third kappa shape index (κ3) is 3.19. The molecule has 1 fully saturated rings. The van der Waals surface area contributed by atoms with Gasteiger partial charge >= 0.3 is 0 Å². The Balaban J connectivity index is 1.96. The first-order valence-corrected chi connectivity index (χ1v) is 7.40. The molecule has 0 atom stereocenters. The minimum atomic E-state index is 0.694. The van der Waals surface area contributed by atoms with Crippen molar-refractivity contribution in [3.05, 3.63) is 11.1 Å². The number of hydrogen-bond acceptors (Lipinski definition) is 4. The standard InChI is InChI=1S/C13H23N3S/c1-10-4-6-12(7-5-10)16(3)13-15-11(8-14-2)9-17-13/h9-10,12,14H,4-8H2,1-3H3. The van der Waals surface area contributed by atoms with E-state index in [1.54, 1.807) is 11.3 Å². The molecule has 1 saturated carbocycles. The second-order valence-corrected chi connectivity index (χ2v) is 6.01. The number of thiazole rings is 1. The Morgan fingerprint density at radius 1 is 1.41 bits per heavy atom. The number of aromatic nitrogens is 1. The monoisotopic (exact) mass is 253 g/mol. The van der Waals surface area contributed by atoms with Crippen molar-refractivity contribution in [3.63, 3.8) is 0 Å². The molecule has 1 aliphatic carbocycles. The summed E-state index contributed by atoms with van der Waals surface area (Å²) in [6, 6.07) is 0.694. The summed E-state index contributed by atoms with van der Waals surface area (Å²) in [7, 11) is 4.16. The average molecular weight is 253 g/mol. The quantitative estimate of drug-likeness (QED) is 0.894. The van der Waals surface area contributed by atoms with Gasteiger partial charge in [-0.1, -0.05) is 6.92 Å². The van der Waals surface area contributed by atoms with E-state index in [1.165, 1.54) is 30.8 Å². The number of nitrogens with one attached hydrogen (secondary N) is 1. The van der Waals surface area contributed by atoms with Crippen LogP contribution >= 0.6 is 11.3 Å². The summed E-state index contributed by atoms with van der Waals surface area (Å²) in [5.41, 5.74) is 1.16. The molecule has 2 rings (SSSR count). The minimum absolute atomic E-state index is 0.694. The van der Waals surface area contributed by atoms with Gasteiger partial charge in [0.05, 0.1) is 5.69 Å². The highest BCUT2D eigenvalue weighted by Crippen LogP contribution is 2.30. The highest BCUT2D eigenvalue weighted by atomic mass is 32.1. The minimum Gasteiger partial charge on any atom is -0.348 e. The lowest BCUT2D eigenvalue weighted by molar-refractivity contribution is 0.340. The van der Waals surface area contributed by atoms with Gasteiger partial charge in [-0.2, -0.15) is 0 Å². The molecule has 0 spiro atoms. The summed E-state index contributed by atoms with van der Waals surface area (Å²) >= 11 is 1.77. The van der Waals surface area contributed by atoms with Gasteiger partial charge in [-0.05, 0) is 38.6 Å². The van der Waals surface area contributed by atoms with Crippen molar-refractivity contribution < 1.29 is 0 Å². The van der Waals surface area contributed by atoms with Gasteiger partial charge in [0.1, 0.15) is 0 Å². The molecule has 1 heterocycles. The van der Waals surface area contributed by atoms with Crippen LogP contribution in [0.5, 0.6) is 0 Å². The van der Waals surface area contributed by atoms with E-state index in [0.717, 1.165) is 18.2 Å². The van der Waals surface area contributed by atoms with E-state index in [9.17, 15) is 0 Å². The molecule has 1 aromatic heterocycles. The Labute approximate surface area is 108 Å². The van der Waals surface area contributed by atoms with Gasteiger partial charge in [-0.15, -0.1) is 11.3 Å². The van der Waals surface area contributed by atoms with E-state index < -0.39 is 0 Å². The maximum Gasteiger partial charge on any atom is 0.185 e. The maximum absolute atomic E-state index is 4.68. The van der Waals surface area contributed by atoms with Gasteiger partial charge in [0.15, 0.2) is 5.13 Å². The van der Waals surface area contributed by atoms with Crippen molar-refractivity contribution >= 4 is 16.5 Å². The van der Waals surface area contributed by atoms with Crippen LogP contribution in [0.3, 0.4) is 0 Å². The normalized spacial score (nSPS) is 24.9. The molecule has 0 aromatic carbocycles. The fraction of sp³-hybridized carbons (Fsp3) is 0.769. The molecule has 4 heteroatoms. The summed E-state index contributed by atoms with van der Waals surface area (Å²) < 4.78 is 0. The average Bonchev–Trinajstić information content (AvgIpc) is 2.78. The Kier molecular flexibility index (Phi) is 4.40. The number of nitrogens with zero attached hydrogens (tertiary/aromatic N) is 2. The van der Waals surface area contributed by atoms with Gasteiger partial charge in [0.2, 0.25) is 0 Å². The first kappa shape index (κ1) is 12.8. The predicted octanol–water partition coefficient (Wildman–Crippen LogP) is 2.88. The summed E-state index contributed by atoms with van der Waals surface area (Å²) in [5, 5.41) is 6.48. The lowest BCUT2D eigenvalue weighted by Crippen LogP contribution is -2.34. The third-order valence-corrected chi connectivity index (χ3v) is 4.71. The third-order valence-electron chi connectivity index (χ3n) is 3.73. The molecule has 3 nitrogen and oxygen atoms in total. The van der Waals surface area contributed by atoms with Crippen LogP contribution in [0, 0.1) is 5.92 Å². The van der Waals surface area contributed by atoms with Crippen LogP contribution in [-0.2, 0) is 6.54 Å². The molecule has 0 radical (unpaired) electrons. The smallest absolute Gasteiger partial charge is 0.185 e. The zero-order valence-electron chi connectivity index (χ0n) is 11.1. The van der Waals surface area contributed by atoms with E-state index in [2.05, 4.69) is 34.6 Å². The molecular weight excluding hydrogens is 230 g/mol. The summed E-state index contributed by atoms with van der Waals surface area (Å²) in [5.74, 6) is 0.913. The Hall–Kier alpha value is -0.610. The van der Waals surface area contributed by atoms with E-state index in [0.29, 0.717) is 6.04 Å². The molecule has 0 aliphatic heterocycles. The van der Waals surface area contributed by atoms with E-state index in [-0.39, 0.29) is 0 Å². The van der Waals surface area contributed by atoms with Gasteiger partial charge in [-0.3, -0.25) is 0 Å². The van der Waals surface area contributed by atoms with Crippen LogP contribution in [0.4, 0.5) is 5.13 Å². The molecule has 1 aromatic rings. The van der Waals surface area contributed by atoms with Crippen molar-refractivity contribution in [2.45, 2.75) is 45.2 Å². The lowest BCUT2D eigenvalue weighted by atomic mass is 9.87. The van der Waals surface area contributed by atoms with E-state index in [4.69, 9.17) is 0 Å². The molecule has 0 saturated heterocycles. The lowest BCUT2D eigenvalue weighted by Gasteiger charge is -2.33. The van der Waals surface area contributed by atoms with Crippen LogP contribution in [-0.4, -0.2) is 25.1 Å². The maximum atomic E-state index is 4.68. The summed E-state index contributed by atoms with van der Waals surface area (Å²) in [4.78, 5) is 7.06. The first-order chi connectivity index (χ1) is 8.20. The fourth-order valence-corrected chi connectivity index (χ4v) is 3.37. The molecule has 0 unspecified atom stereocenters. The number of rotatable bonds is 4. The zero-order valence-corrected chi connectivity index (χ0v) is 11.9. The van der Waals surface area contributed by atoms with E-state index >= 15 is 0 Å². The van der Waals surface area contributed by atoms with Crippen LogP contribution in [0.25, 0.3) is 0 Å². The van der Waals surface area contributed by atoms with Crippen LogP contribution in [0.2, 0.25) is 0 Å². The topological polar surface area (TPSA) is 28.2 Å². The van der Waals surface area contributed by atoms with Crippen molar-refractivity contribution in [2.24, 2.45) is 5.92 Å². The largest absolute Gasteiger partial charge is 0.348 e. The van der Waals surface area contributed by atoms with Crippen LogP contribution in [0.15, 0.2) is 5.38 Å². The van der Waals surface area contributed by atoms with Crippen molar-refractivity contribution in [3.8, 4) is 0 Å². The highest BCUT2D eigenvalue weighted by Gasteiger charge is 2.23. The molecule has 17 heavy (non-hydrogen) atoms. The van der Waals surface area contributed by atoms with Gasteiger partial charge < -0.3 is 10.2 Å². The van der Waals surface area contributed by atoms with Crippen LogP contribution in [0.1, 0.15) is 38.3 Å². The van der Waals surface area contributed by atoms with Gasteiger partial charge in [-0.25, -0.2) is 4.98 Å². The Morgan fingerprint density at radius 3 is 2.76 bits per heavy atom. The number of hydrogen-bond donors (Lipinski definition) is 1. The molecule has 0 bridgehead atoms. The fourth-order valence-electron chi connectivity index (χ4n) is 2.51. The highest BCUT2D eigenvalue weighted by molar-refractivity contribution is 7.13. The van der Waals surface area contributed by atoms with Crippen LogP contribution < -0.4 is 10.2 Å². The first-order valence-electron chi connectivity index (χ1n) is 6.52. The molecular formula is C13H23N3S. The van der Waals surface area contributed by atoms with Crippen molar-refractivity contribution in [1.82, 2.24) is 10.3 Å².